The van der Waals surface area contributed by atoms with Gasteiger partial charge in [-0.3, -0.25) is 4.98 Å². The SMILES string of the molecule is Cn1nc(C2CCOCC2)cc1Oc1cc(C#N)ccc1-c1ccc([C@H](O)CN)cn1. The van der Waals surface area contributed by atoms with E-state index in [2.05, 4.69) is 16.2 Å². The fraction of sp³-hybridized carbons (Fsp3) is 0.348. The van der Waals surface area contributed by atoms with Crippen LogP contribution in [-0.4, -0.2) is 39.6 Å². The van der Waals surface area contributed by atoms with Crippen LogP contribution >= 0.6 is 0 Å². The number of nitriles is 1. The largest absolute Gasteiger partial charge is 0.439 e. The van der Waals surface area contributed by atoms with E-state index in [1.807, 2.05) is 19.2 Å². The summed E-state index contributed by atoms with van der Waals surface area (Å²) in [6.45, 7) is 1.61. The molecule has 0 aliphatic carbocycles. The zero-order chi connectivity index (χ0) is 21.8. The van der Waals surface area contributed by atoms with Gasteiger partial charge in [0.2, 0.25) is 5.88 Å². The smallest absolute Gasteiger partial charge is 0.217 e. The number of hydrogen-bond donors (Lipinski definition) is 2. The molecule has 0 amide bonds. The molecule has 1 saturated heterocycles. The van der Waals surface area contributed by atoms with Gasteiger partial charge in [-0.2, -0.15) is 10.4 Å². The fourth-order valence-electron chi connectivity index (χ4n) is 3.66. The van der Waals surface area contributed by atoms with Crippen molar-refractivity contribution in [1.29, 1.82) is 5.26 Å². The van der Waals surface area contributed by atoms with Crippen molar-refractivity contribution < 1.29 is 14.6 Å². The van der Waals surface area contributed by atoms with Crippen LogP contribution in [0, 0.1) is 11.3 Å². The second-order valence-electron chi connectivity index (χ2n) is 7.57. The molecule has 8 nitrogen and oxygen atoms in total. The maximum Gasteiger partial charge on any atom is 0.217 e. The summed E-state index contributed by atoms with van der Waals surface area (Å²) < 4.78 is 13.4. The zero-order valence-electron chi connectivity index (χ0n) is 17.4. The maximum atomic E-state index is 9.91. The van der Waals surface area contributed by atoms with Crippen molar-refractivity contribution in [3.8, 4) is 29.0 Å². The van der Waals surface area contributed by atoms with Crippen LogP contribution in [0.15, 0.2) is 42.6 Å². The van der Waals surface area contributed by atoms with E-state index < -0.39 is 6.10 Å². The summed E-state index contributed by atoms with van der Waals surface area (Å²) in [5.74, 6) is 1.46. The van der Waals surface area contributed by atoms with Gasteiger partial charge in [0.15, 0.2) is 0 Å². The number of ether oxygens (including phenoxy) is 2. The second kappa shape index (κ2) is 9.27. The number of nitrogens with zero attached hydrogens (tertiary/aromatic N) is 4. The Balaban J connectivity index is 1.65. The molecule has 1 aliphatic heterocycles. The van der Waals surface area contributed by atoms with Crippen molar-refractivity contribution in [2.75, 3.05) is 19.8 Å². The number of aliphatic hydroxyl groups excluding tert-OH is 1. The van der Waals surface area contributed by atoms with Gasteiger partial charge in [0.25, 0.3) is 0 Å². The van der Waals surface area contributed by atoms with Crippen LogP contribution in [0.4, 0.5) is 0 Å². The number of nitrogens with two attached hydrogens (primary N) is 1. The first-order valence-electron chi connectivity index (χ1n) is 10.3. The van der Waals surface area contributed by atoms with Gasteiger partial charge < -0.3 is 20.3 Å². The lowest BCUT2D eigenvalue weighted by atomic mass is 9.97. The van der Waals surface area contributed by atoms with Crippen molar-refractivity contribution in [2.45, 2.75) is 24.9 Å². The monoisotopic (exact) mass is 419 g/mol. The van der Waals surface area contributed by atoms with Crippen LogP contribution in [0.2, 0.25) is 0 Å². The molecule has 31 heavy (non-hydrogen) atoms. The predicted octanol–water partition coefficient (Wildman–Crippen LogP) is 3.03. The Morgan fingerprint density at radius 3 is 2.77 bits per heavy atom. The molecule has 0 bridgehead atoms. The third kappa shape index (κ3) is 4.59. The average Bonchev–Trinajstić information content (AvgIpc) is 3.19. The lowest BCUT2D eigenvalue weighted by Gasteiger charge is -2.19. The van der Waals surface area contributed by atoms with Gasteiger partial charge in [-0.25, -0.2) is 4.68 Å². The van der Waals surface area contributed by atoms with Crippen molar-refractivity contribution in [3.63, 3.8) is 0 Å². The minimum Gasteiger partial charge on any atom is -0.439 e. The molecule has 2 aromatic heterocycles. The first-order chi connectivity index (χ1) is 15.1. The number of rotatable bonds is 6. The van der Waals surface area contributed by atoms with Crippen LogP contribution in [0.25, 0.3) is 11.3 Å². The lowest BCUT2D eigenvalue weighted by Crippen LogP contribution is -2.14. The van der Waals surface area contributed by atoms with Gasteiger partial charge in [0.05, 0.1) is 29.1 Å². The van der Waals surface area contributed by atoms with Gasteiger partial charge in [-0.05, 0) is 37.1 Å². The van der Waals surface area contributed by atoms with Gasteiger partial charge in [0.1, 0.15) is 5.75 Å². The van der Waals surface area contributed by atoms with Gasteiger partial charge in [-0.15, -0.1) is 0 Å². The molecule has 3 aromatic rings. The summed E-state index contributed by atoms with van der Waals surface area (Å²) in [4.78, 5) is 4.46. The number of pyridine rings is 1. The van der Waals surface area contributed by atoms with E-state index in [4.69, 9.17) is 15.2 Å². The molecule has 3 N–H and O–H groups in total. The third-order valence-corrected chi connectivity index (χ3v) is 5.49. The molecular weight excluding hydrogens is 394 g/mol. The summed E-state index contributed by atoms with van der Waals surface area (Å²) >= 11 is 0. The molecule has 1 aromatic carbocycles. The Bertz CT molecular complexity index is 1080. The number of aryl methyl sites for hydroxylation is 1. The highest BCUT2D eigenvalue weighted by atomic mass is 16.5. The Labute approximate surface area is 180 Å². The Hall–Kier alpha value is -3.25. The summed E-state index contributed by atoms with van der Waals surface area (Å²) in [6, 6.07) is 12.9. The molecule has 0 saturated carbocycles. The molecular formula is C23H25N5O3. The zero-order valence-corrected chi connectivity index (χ0v) is 17.4. The van der Waals surface area contributed by atoms with E-state index in [0.29, 0.717) is 34.4 Å². The number of aromatic nitrogens is 3. The lowest BCUT2D eigenvalue weighted by molar-refractivity contribution is 0.0844. The Morgan fingerprint density at radius 2 is 2.10 bits per heavy atom. The van der Waals surface area contributed by atoms with Crippen LogP contribution in [-0.2, 0) is 11.8 Å². The standard InChI is InChI=1S/C23H25N5O3/c1-28-23(11-20(27-28)16-6-8-30-9-7-16)31-22-10-15(12-24)2-4-18(22)19-5-3-17(14-26-19)21(29)13-25/h2-5,10-11,14,16,21,29H,6-9,13,25H2,1H3/t21-/m1/s1. The normalized spacial score (nSPS) is 15.4. The predicted molar refractivity (Wildman–Crippen MR) is 114 cm³/mol. The van der Waals surface area contributed by atoms with Gasteiger partial charge >= 0.3 is 0 Å². The molecule has 0 unspecified atom stereocenters. The average molecular weight is 419 g/mol. The van der Waals surface area contributed by atoms with Crippen molar-refractivity contribution in [3.05, 3.63) is 59.4 Å². The maximum absolute atomic E-state index is 9.91. The molecule has 1 fully saturated rings. The third-order valence-electron chi connectivity index (χ3n) is 5.49. The molecule has 0 spiro atoms. The molecule has 1 atom stereocenters. The van der Waals surface area contributed by atoms with Crippen LogP contribution in [0.3, 0.4) is 0 Å². The fourth-order valence-corrected chi connectivity index (χ4v) is 3.66. The van der Waals surface area contributed by atoms with E-state index in [0.717, 1.165) is 37.3 Å². The van der Waals surface area contributed by atoms with Crippen molar-refractivity contribution in [1.82, 2.24) is 14.8 Å². The molecule has 4 rings (SSSR count). The summed E-state index contributed by atoms with van der Waals surface area (Å²) in [5.41, 5.74) is 9.04. The van der Waals surface area contributed by atoms with Crippen LogP contribution in [0.5, 0.6) is 11.6 Å². The van der Waals surface area contributed by atoms with Crippen LogP contribution < -0.4 is 10.5 Å². The first-order valence-corrected chi connectivity index (χ1v) is 10.3. The first kappa shape index (κ1) is 21.0. The van der Waals surface area contributed by atoms with E-state index in [1.165, 1.54) is 0 Å². The summed E-state index contributed by atoms with van der Waals surface area (Å²) in [6.07, 6.45) is 2.73. The Kier molecular flexibility index (Phi) is 6.28. The molecule has 3 heterocycles. The topological polar surface area (TPSA) is 119 Å². The van der Waals surface area contributed by atoms with Crippen molar-refractivity contribution in [2.24, 2.45) is 12.8 Å². The van der Waals surface area contributed by atoms with E-state index in [-0.39, 0.29) is 6.54 Å². The Morgan fingerprint density at radius 1 is 1.29 bits per heavy atom. The van der Waals surface area contributed by atoms with E-state index in [1.54, 1.807) is 35.1 Å². The van der Waals surface area contributed by atoms with Gasteiger partial charge in [-0.1, -0.05) is 6.07 Å². The number of aliphatic hydroxyl groups is 1. The van der Waals surface area contributed by atoms with Crippen LogP contribution in [0.1, 0.15) is 41.7 Å². The highest BCUT2D eigenvalue weighted by Crippen LogP contribution is 2.35. The molecule has 8 heteroatoms. The molecule has 1 aliphatic rings. The highest BCUT2D eigenvalue weighted by molar-refractivity contribution is 5.69. The molecule has 160 valence electrons. The summed E-state index contributed by atoms with van der Waals surface area (Å²) in [5, 5.41) is 23.9. The van der Waals surface area contributed by atoms with Gasteiger partial charge in [0, 0.05) is 56.1 Å². The quantitative estimate of drug-likeness (QED) is 0.630. The highest BCUT2D eigenvalue weighted by Gasteiger charge is 2.21. The summed E-state index contributed by atoms with van der Waals surface area (Å²) in [7, 11) is 1.84. The van der Waals surface area contributed by atoms with E-state index >= 15 is 0 Å². The molecule has 0 radical (unpaired) electrons. The van der Waals surface area contributed by atoms with E-state index in [9.17, 15) is 10.4 Å². The second-order valence-corrected chi connectivity index (χ2v) is 7.57. The number of benzene rings is 1. The number of hydrogen-bond acceptors (Lipinski definition) is 7. The minimum atomic E-state index is -0.753. The van der Waals surface area contributed by atoms with Crippen molar-refractivity contribution >= 4 is 0 Å². The minimum absolute atomic E-state index is 0.127.